The van der Waals surface area contributed by atoms with E-state index in [0.29, 0.717) is 16.9 Å². The average Bonchev–Trinajstić information content (AvgIpc) is 2.80. The molecule has 32 heavy (non-hydrogen) atoms. The first kappa shape index (κ1) is 24.6. The van der Waals surface area contributed by atoms with E-state index in [1.807, 2.05) is 0 Å². The fraction of sp³-hybridized carbons (Fsp3) is 0.0870. The number of hydrogen-bond donors (Lipinski definition) is 1. The first-order chi connectivity index (χ1) is 15.2. The van der Waals surface area contributed by atoms with Gasteiger partial charge in [-0.1, -0.05) is 70.1 Å². The van der Waals surface area contributed by atoms with E-state index in [1.165, 1.54) is 25.3 Å². The second-order valence-corrected chi connectivity index (χ2v) is 8.39. The fourth-order valence-electron chi connectivity index (χ4n) is 2.77. The highest BCUT2D eigenvalue weighted by Gasteiger charge is 2.21. The lowest BCUT2D eigenvalue weighted by Crippen LogP contribution is -2.01. The van der Waals surface area contributed by atoms with Gasteiger partial charge < -0.3 is 14.6 Å². The number of halogens is 5. The molecule has 0 atom stereocenters. The number of hydrogen-bond acceptors (Lipinski definition) is 4. The molecule has 0 fully saturated rings. The Morgan fingerprint density at radius 1 is 0.906 bits per heavy atom. The lowest BCUT2D eigenvalue weighted by molar-refractivity contribution is 0.104. The zero-order valence-corrected chi connectivity index (χ0v) is 20.2. The third-order valence-electron chi connectivity index (χ3n) is 4.42. The Balaban J connectivity index is 1.83. The Kier molecular flexibility index (Phi) is 8.21. The summed E-state index contributed by atoms with van der Waals surface area (Å²) >= 11 is 30.6. The molecule has 0 amide bonds. The molecule has 0 unspecified atom stereocenters. The molecule has 0 aliphatic heterocycles. The fourth-order valence-corrected chi connectivity index (χ4v) is 4.00. The van der Waals surface area contributed by atoms with E-state index in [2.05, 4.69) is 0 Å². The average molecular weight is 533 g/mol. The molecule has 3 aromatic rings. The van der Waals surface area contributed by atoms with Gasteiger partial charge in [0.2, 0.25) is 0 Å². The van der Waals surface area contributed by atoms with Crippen molar-refractivity contribution in [1.29, 1.82) is 0 Å². The van der Waals surface area contributed by atoms with Gasteiger partial charge >= 0.3 is 0 Å². The highest BCUT2D eigenvalue weighted by atomic mass is 35.5. The van der Waals surface area contributed by atoms with E-state index in [9.17, 15) is 9.90 Å². The number of carbonyl (C=O) groups is 1. The SMILES string of the molecule is COc1ccc(/C=C/C(=O)c2ccc(O)cc2)cc1COc1c(Cl)c(Cl)c(Cl)c(Cl)c1Cl. The van der Waals surface area contributed by atoms with E-state index in [-0.39, 0.29) is 49.0 Å². The van der Waals surface area contributed by atoms with Crippen LogP contribution in [0, 0.1) is 0 Å². The Labute approximate surface area is 209 Å². The Bertz CT molecular complexity index is 1160. The molecule has 0 heterocycles. The van der Waals surface area contributed by atoms with E-state index in [4.69, 9.17) is 67.5 Å². The standard InChI is InChI=1S/C23H15Cl5O4/c1-31-17-9-3-12(2-8-16(30)13-4-6-15(29)7-5-13)10-14(17)11-32-23-21(27)19(25)18(24)20(26)22(23)28/h2-10,29H,11H2,1H3/b8-2+. The van der Waals surface area contributed by atoms with Crippen LogP contribution in [0.3, 0.4) is 0 Å². The van der Waals surface area contributed by atoms with Crippen molar-refractivity contribution in [2.75, 3.05) is 7.11 Å². The zero-order valence-electron chi connectivity index (χ0n) is 16.5. The number of ketones is 1. The van der Waals surface area contributed by atoms with Crippen LogP contribution in [-0.2, 0) is 6.61 Å². The number of allylic oxidation sites excluding steroid dienone is 1. The van der Waals surface area contributed by atoms with E-state index >= 15 is 0 Å². The van der Waals surface area contributed by atoms with Crippen molar-refractivity contribution in [3.63, 3.8) is 0 Å². The quantitative estimate of drug-likeness (QED) is 0.144. The zero-order chi connectivity index (χ0) is 23.4. The predicted octanol–water partition coefficient (Wildman–Crippen LogP) is 8.14. The lowest BCUT2D eigenvalue weighted by atomic mass is 10.1. The van der Waals surface area contributed by atoms with E-state index in [0.717, 1.165) is 5.56 Å². The Hall–Kier alpha value is -2.08. The number of methoxy groups -OCH3 is 1. The molecule has 3 aromatic carbocycles. The smallest absolute Gasteiger partial charge is 0.185 e. The lowest BCUT2D eigenvalue weighted by Gasteiger charge is -2.15. The van der Waals surface area contributed by atoms with Crippen LogP contribution in [0.25, 0.3) is 6.08 Å². The number of carbonyl (C=O) groups excluding carboxylic acids is 1. The van der Waals surface area contributed by atoms with Crippen LogP contribution in [0.1, 0.15) is 21.5 Å². The summed E-state index contributed by atoms with van der Waals surface area (Å²) in [4.78, 5) is 12.3. The summed E-state index contributed by atoms with van der Waals surface area (Å²) in [5, 5.41) is 9.54. The monoisotopic (exact) mass is 530 g/mol. The molecule has 4 nitrogen and oxygen atoms in total. The van der Waals surface area contributed by atoms with Crippen LogP contribution < -0.4 is 9.47 Å². The third-order valence-corrected chi connectivity index (χ3v) is 6.67. The maximum Gasteiger partial charge on any atom is 0.185 e. The van der Waals surface area contributed by atoms with Gasteiger partial charge in [0.05, 0.1) is 22.2 Å². The molecule has 0 bridgehead atoms. The molecule has 0 aliphatic rings. The minimum atomic E-state index is -0.206. The number of ether oxygens (including phenoxy) is 2. The minimum Gasteiger partial charge on any atom is -0.508 e. The highest BCUT2D eigenvalue weighted by molar-refractivity contribution is 6.55. The molecule has 0 aromatic heterocycles. The van der Waals surface area contributed by atoms with Crippen LogP contribution in [0.2, 0.25) is 25.1 Å². The maximum absolute atomic E-state index is 12.3. The third kappa shape index (κ3) is 5.45. The van der Waals surface area contributed by atoms with Crippen LogP contribution in [-0.4, -0.2) is 18.0 Å². The number of phenolic OH excluding ortho intramolecular Hbond substituents is 1. The van der Waals surface area contributed by atoms with Gasteiger partial charge in [-0.2, -0.15) is 0 Å². The normalized spacial score (nSPS) is 11.1. The van der Waals surface area contributed by atoms with Crippen molar-refractivity contribution in [3.8, 4) is 17.2 Å². The summed E-state index contributed by atoms with van der Waals surface area (Å²) in [6.45, 7) is 0.0322. The first-order valence-corrected chi connectivity index (χ1v) is 10.9. The number of aromatic hydroxyl groups is 1. The van der Waals surface area contributed by atoms with Crippen molar-refractivity contribution in [1.82, 2.24) is 0 Å². The summed E-state index contributed by atoms with van der Waals surface area (Å²) in [6, 6.07) is 11.3. The van der Waals surface area contributed by atoms with Gasteiger partial charge in [-0.15, -0.1) is 0 Å². The molecule has 0 saturated heterocycles. The van der Waals surface area contributed by atoms with E-state index < -0.39 is 0 Å². The van der Waals surface area contributed by atoms with Gasteiger partial charge in [0, 0.05) is 11.1 Å². The molecule has 3 rings (SSSR count). The summed E-state index contributed by atoms with van der Waals surface area (Å²) in [5.74, 6) is 0.542. The summed E-state index contributed by atoms with van der Waals surface area (Å²) in [6.07, 6.45) is 3.10. The summed E-state index contributed by atoms with van der Waals surface area (Å²) in [7, 11) is 1.53. The van der Waals surface area contributed by atoms with E-state index in [1.54, 1.807) is 36.4 Å². The number of benzene rings is 3. The maximum atomic E-state index is 12.3. The predicted molar refractivity (Wildman–Crippen MR) is 130 cm³/mol. The largest absolute Gasteiger partial charge is 0.508 e. The van der Waals surface area contributed by atoms with Crippen LogP contribution in [0.4, 0.5) is 0 Å². The topological polar surface area (TPSA) is 55.8 Å². The van der Waals surface area contributed by atoms with Crippen LogP contribution >= 0.6 is 58.0 Å². The molecule has 0 radical (unpaired) electrons. The second-order valence-electron chi connectivity index (χ2n) is 6.50. The second kappa shape index (κ2) is 10.7. The van der Waals surface area contributed by atoms with Gasteiger partial charge in [-0.25, -0.2) is 0 Å². The summed E-state index contributed by atoms with van der Waals surface area (Å²) < 4.78 is 11.2. The molecule has 0 spiro atoms. The van der Waals surface area contributed by atoms with Crippen molar-refractivity contribution in [2.24, 2.45) is 0 Å². The molecule has 9 heteroatoms. The van der Waals surface area contributed by atoms with Gasteiger partial charge in [0.25, 0.3) is 0 Å². The van der Waals surface area contributed by atoms with Gasteiger partial charge in [-0.05, 0) is 48.0 Å². The molecular weight excluding hydrogens is 518 g/mol. The Morgan fingerprint density at radius 2 is 1.50 bits per heavy atom. The van der Waals surface area contributed by atoms with Crippen molar-refractivity contribution in [2.45, 2.75) is 6.61 Å². The van der Waals surface area contributed by atoms with Crippen molar-refractivity contribution in [3.05, 3.63) is 90.3 Å². The van der Waals surface area contributed by atoms with Crippen molar-refractivity contribution >= 4 is 69.9 Å². The highest BCUT2D eigenvalue weighted by Crippen LogP contribution is 2.48. The molecule has 0 saturated carbocycles. The number of rotatable bonds is 7. The number of phenols is 1. The molecule has 166 valence electrons. The van der Waals surface area contributed by atoms with Gasteiger partial charge in [-0.3, -0.25) is 4.79 Å². The van der Waals surface area contributed by atoms with Crippen LogP contribution in [0.5, 0.6) is 17.2 Å². The Morgan fingerprint density at radius 3 is 2.09 bits per heavy atom. The molecule has 0 aliphatic carbocycles. The van der Waals surface area contributed by atoms with Gasteiger partial charge in [0.1, 0.15) is 28.2 Å². The van der Waals surface area contributed by atoms with Crippen LogP contribution in [0.15, 0.2) is 48.5 Å². The first-order valence-electron chi connectivity index (χ1n) is 9.05. The molecular formula is C23H15Cl5O4. The minimum absolute atomic E-state index is 0.0322. The molecule has 1 N–H and O–H groups in total. The van der Waals surface area contributed by atoms with Gasteiger partial charge in [0.15, 0.2) is 11.5 Å². The summed E-state index contributed by atoms with van der Waals surface area (Å²) in [5.41, 5.74) is 1.86. The van der Waals surface area contributed by atoms with Crippen molar-refractivity contribution < 1.29 is 19.4 Å².